The molecule has 2 N–H and O–H groups in total. The SMILES string of the molecule is Cc1ncc(S(=O)(=O)NCC2(O)CCCC(C)C2)s1. The van der Waals surface area contributed by atoms with Gasteiger partial charge < -0.3 is 5.11 Å². The van der Waals surface area contributed by atoms with Crippen LogP contribution in [0.5, 0.6) is 0 Å². The minimum absolute atomic E-state index is 0.0800. The van der Waals surface area contributed by atoms with Gasteiger partial charge in [-0.1, -0.05) is 19.8 Å². The third-order valence-electron chi connectivity index (χ3n) is 3.52. The molecule has 0 amide bonds. The van der Waals surface area contributed by atoms with E-state index in [2.05, 4.69) is 16.6 Å². The van der Waals surface area contributed by atoms with Gasteiger partial charge in [-0.3, -0.25) is 0 Å². The van der Waals surface area contributed by atoms with E-state index in [-0.39, 0.29) is 10.8 Å². The van der Waals surface area contributed by atoms with E-state index in [1.807, 2.05) is 0 Å². The second-order valence-electron chi connectivity index (χ2n) is 5.45. The molecule has 7 heteroatoms. The third-order valence-corrected chi connectivity index (χ3v) is 6.30. The van der Waals surface area contributed by atoms with Gasteiger partial charge in [0.25, 0.3) is 10.0 Å². The van der Waals surface area contributed by atoms with Crippen molar-refractivity contribution in [1.82, 2.24) is 9.71 Å². The second kappa shape index (κ2) is 5.47. The van der Waals surface area contributed by atoms with E-state index in [1.54, 1.807) is 6.92 Å². The van der Waals surface area contributed by atoms with Crippen molar-refractivity contribution in [2.45, 2.75) is 49.3 Å². The number of sulfonamides is 1. The molecule has 1 aliphatic rings. The summed E-state index contributed by atoms with van der Waals surface area (Å²) in [6, 6.07) is 0. The predicted molar refractivity (Wildman–Crippen MR) is 74.6 cm³/mol. The number of aliphatic hydroxyl groups is 1. The summed E-state index contributed by atoms with van der Waals surface area (Å²) in [5, 5.41) is 11.1. The van der Waals surface area contributed by atoms with Crippen LogP contribution in [0.2, 0.25) is 0 Å². The number of aryl methyl sites for hydroxylation is 1. The van der Waals surface area contributed by atoms with E-state index in [9.17, 15) is 13.5 Å². The maximum absolute atomic E-state index is 12.1. The van der Waals surface area contributed by atoms with E-state index in [1.165, 1.54) is 6.20 Å². The lowest BCUT2D eigenvalue weighted by Crippen LogP contribution is -2.45. The minimum Gasteiger partial charge on any atom is -0.389 e. The molecule has 1 fully saturated rings. The Morgan fingerprint density at radius 2 is 2.37 bits per heavy atom. The van der Waals surface area contributed by atoms with Crippen molar-refractivity contribution in [1.29, 1.82) is 0 Å². The van der Waals surface area contributed by atoms with Crippen LogP contribution < -0.4 is 4.72 Å². The fourth-order valence-corrected chi connectivity index (χ4v) is 4.83. The molecule has 0 saturated heterocycles. The first-order valence-electron chi connectivity index (χ1n) is 6.45. The van der Waals surface area contributed by atoms with E-state index >= 15 is 0 Å². The van der Waals surface area contributed by atoms with E-state index in [0.29, 0.717) is 23.8 Å². The quantitative estimate of drug-likeness (QED) is 0.887. The Labute approximate surface area is 118 Å². The summed E-state index contributed by atoms with van der Waals surface area (Å²) < 4.78 is 26.8. The van der Waals surface area contributed by atoms with Crippen LogP contribution >= 0.6 is 11.3 Å². The molecule has 1 aromatic heterocycles. The van der Waals surface area contributed by atoms with E-state index < -0.39 is 15.6 Å². The van der Waals surface area contributed by atoms with Gasteiger partial charge in [-0.25, -0.2) is 18.1 Å². The van der Waals surface area contributed by atoms with Crippen LogP contribution in [0, 0.1) is 12.8 Å². The van der Waals surface area contributed by atoms with Crippen LogP contribution in [0.15, 0.2) is 10.4 Å². The first-order valence-corrected chi connectivity index (χ1v) is 8.75. The summed E-state index contributed by atoms with van der Waals surface area (Å²) in [5.74, 6) is 0.439. The van der Waals surface area contributed by atoms with Crippen molar-refractivity contribution in [3.8, 4) is 0 Å². The highest BCUT2D eigenvalue weighted by Crippen LogP contribution is 2.32. The van der Waals surface area contributed by atoms with Crippen molar-refractivity contribution in [3.05, 3.63) is 11.2 Å². The lowest BCUT2D eigenvalue weighted by atomic mass is 9.79. The first kappa shape index (κ1) is 14.9. The number of nitrogens with one attached hydrogen (secondary N) is 1. The average molecular weight is 304 g/mol. The maximum Gasteiger partial charge on any atom is 0.251 e. The van der Waals surface area contributed by atoms with Crippen molar-refractivity contribution >= 4 is 21.4 Å². The Hall–Kier alpha value is -0.500. The molecule has 0 bridgehead atoms. The fourth-order valence-electron chi connectivity index (χ4n) is 2.56. The zero-order chi connectivity index (χ0) is 14.1. The van der Waals surface area contributed by atoms with Gasteiger partial charge in [0.1, 0.15) is 0 Å². The Kier molecular flexibility index (Phi) is 4.29. The van der Waals surface area contributed by atoms with Crippen LogP contribution in [-0.4, -0.2) is 30.7 Å². The molecule has 2 rings (SSSR count). The van der Waals surface area contributed by atoms with Crippen LogP contribution in [0.25, 0.3) is 0 Å². The Bertz CT molecular complexity index is 541. The van der Waals surface area contributed by atoms with Gasteiger partial charge in [0, 0.05) is 6.54 Å². The normalized spacial score (nSPS) is 28.5. The Balaban J connectivity index is 2.01. The van der Waals surface area contributed by atoms with Crippen molar-refractivity contribution in [3.63, 3.8) is 0 Å². The number of rotatable bonds is 4. The molecule has 19 heavy (non-hydrogen) atoms. The zero-order valence-corrected chi connectivity index (χ0v) is 12.9. The number of aromatic nitrogens is 1. The van der Waals surface area contributed by atoms with Gasteiger partial charge in [0.2, 0.25) is 0 Å². The summed E-state index contributed by atoms with van der Waals surface area (Å²) in [6.07, 6.45) is 4.71. The van der Waals surface area contributed by atoms with Gasteiger partial charge in [0.15, 0.2) is 4.21 Å². The van der Waals surface area contributed by atoms with Crippen LogP contribution in [0.4, 0.5) is 0 Å². The standard InChI is InChI=1S/C12H20N2O3S2/c1-9-4-3-5-12(15,6-9)8-14-19(16,17)11-7-13-10(2)18-11/h7,9,14-15H,3-6,8H2,1-2H3. The smallest absolute Gasteiger partial charge is 0.251 e. The summed E-state index contributed by atoms with van der Waals surface area (Å²) in [5.41, 5.74) is -0.912. The number of hydrogen-bond donors (Lipinski definition) is 2. The fraction of sp³-hybridized carbons (Fsp3) is 0.750. The Morgan fingerprint density at radius 1 is 1.63 bits per heavy atom. The lowest BCUT2D eigenvalue weighted by molar-refractivity contribution is -0.00750. The number of nitrogens with zero attached hydrogens (tertiary/aromatic N) is 1. The van der Waals surface area contributed by atoms with Crippen LogP contribution in [-0.2, 0) is 10.0 Å². The highest BCUT2D eigenvalue weighted by atomic mass is 32.2. The molecule has 0 spiro atoms. The molecule has 2 unspecified atom stereocenters. The van der Waals surface area contributed by atoms with Gasteiger partial charge in [-0.15, -0.1) is 11.3 Å². The molecule has 5 nitrogen and oxygen atoms in total. The third kappa shape index (κ3) is 3.75. The van der Waals surface area contributed by atoms with Crippen LogP contribution in [0.3, 0.4) is 0 Å². The van der Waals surface area contributed by atoms with Gasteiger partial charge in [-0.2, -0.15) is 0 Å². The Morgan fingerprint density at radius 3 is 2.95 bits per heavy atom. The number of thiazole rings is 1. The summed E-state index contributed by atoms with van der Waals surface area (Å²) in [4.78, 5) is 3.94. The maximum atomic E-state index is 12.1. The summed E-state index contributed by atoms with van der Waals surface area (Å²) in [6.45, 7) is 3.93. The van der Waals surface area contributed by atoms with Crippen LogP contribution in [0.1, 0.15) is 37.6 Å². The minimum atomic E-state index is -3.55. The largest absolute Gasteiger partial charge is 0.389 e. The molecular formula is C12H20N2O3S2. The molecule has 0 aromatic carbocycles. The van der Waals surface area contributed by atoms with E-state index in [4.69, 9.17) is 0 Å². The van der Waals surface area contributed by atoms with Crippen molar-refractivity contribution in [2.75, 3.05) is 6.54 Å². The van der Waals surface area contributed by atoms with E-state index in [0.717, 1.165) is 24.2 Å². The first-order chi connectivity index (χ1) is 8.81. The molecule has 2 atom stereocenters. The molecule has 1 aliphatic carbocycles. The molecular weight excluding hydrogens is 284 g/mol. The highest BCUT2D eigenvalue weighted by Gasteiger charge is 2.34. The molecule has 0 radical (unpaired) electrons. The second-order valence-corrected chi connectivity index (χ2v) is 8.68. The molecule has 1 aromatic rings. The predicted octanol–water partition coefficient (Wildman–Crippen LogP) is 1.67. The zero-order valence-electron chi connectivity index (χ0n) is 11.2. The van der Waals surface area contributed by atoms with Gasteiger partial charge in [0.05, 0.1) is 16.8 Å². The highest BCUT2D eigenvalue weighted by molar-refractivity contribution is 7.91. The number of hydrogen-bond acceptors (Lipinski definition) is 5. The lowest BCUT2D eigenvalue weighted by Gasteiger charge is -2.35. The summed E-state index contributed by atoms with van der Waals surface area (Å²) in [7, 11) is -3.55. The monoisotopic (exact) mass is 304 g/mol. The molecule has 0 aliphatic heterocycles. The average Bonchev–Trinajstić information content (AvgIpc) is 2.74. The van der Waals surface area contributed by atoms with Gasteiger partial charge >= 0.3 is 0 Å². The van der Waals surface area contributed by atoms with Crippen molar-refractivity contribution in [2.24, 2.45) is 5.92 Å². The van der Waals surface area contributed by atoms with Crippen molar-refractivity contribution < 1.29 is 13.5 Å². The molecule has 1 heterocycles. The topological polar surface area (TPSA) is 79.3 Å². The molecule has 108 valence electrons. The summed E-state index contributed by atoms with van der Waals surface area (Å²) >= 11 is 1.14. The van der Waals surface area contributed by atoms with Gasteiger partial charge in [-0.05, 0) is 25.7 Å². The molecule has 1 saturated carbocycles.